The van der Waals surface area contributed by atoms with Gasteiger partial charge in [-0.3, -0.25) is 4.79 Å². The van der Waals surface area contributed by atoms with Gasteiger partial charge in [0, 0.05) is 6.54 Å². The highest BCUT2D eigenvalue weighted by molar-refractivity contribution is 5.87. The Kier molecular flexibility index (Phi) is 6.16. The van der Waals surface area contributed by atoms with Gasteiger partial charge in [0.2, 0.25) is 0 Å². The van der Waals surface area contributed by atoms with E-state index in [2.05, 4.69) is 0 Å². The minimum Gasteiger partial charge on any atom is -0.459 e. The van der Waals surface area contributed by atoms with Crippen LogP contribution in [0.4, 0.5) is 0 Å². The number of aliphatic hydroxyl groups is 1. The quantitative estimate of drug-likeness (QED) is 0.816. The zero-order valence-corrected chi connectivity index (χ0v) is 13.8. The van der Waals surface area contributed by atoms with E-state index in [1.807, 2.05) is 44.2 Å². The predicted octanol–water partition coefficient (Wildman–Crippen LogP) is 2.13. The van der Waals surface area contributed by atoms with E-state index < -0.39 is 18.1 Å². The van der Waals surface area contributed by atoms with Gasteiger partial charge in [-0.25, -0.2) is 4.79 Å². The van der Waals surface area contributed by atoms with Gasteiger partial charge in [0.15, 0.2) is 0 Å². The van der Waals surface area contributed by atoms with E-state index in [-0.39, 0.29) is 18.4 Å². The molecule has 0 saturated carbocycles. The normalized spacial score (nSPS) is 19.7. The number of ether oxygens (including phenoxy) is 1. The fourth-order valence-electron chi connectivity index (χ4n) is 2.81. The minimum absolute atomic E-state index is 0.193. The number of nitrogens with zero attached hydrogens (tertiary/aromatic N) is 1. The van der Waals surface area contributed by atoms with E-state index in [0.717, 1.165) is 5.56 Å². The molecule has 5 heteroatoms. The molecule has 5 nitrogen and oxygen atoms in total. The van der Waals surface area contributed by atoms with Crippen LogP contribution in [-0.4, -0.2) is 40.6 Å². The Morgan fingerprint density at radius 1 is 1.35 bits per heavy atom. The maximum atomic E-state index is 12.5. The molecule has 1 heterocycles. The maximum absolute atomic E-state index is 12.5. The number of benzene rings is 1. The van der Waals surface area contributed by atoms with Crippen LogP contribution < -0.4 is 0 Å². The van der Waals surface area contributed by atoms with Gasteiger partial charge < -0.3 is 14.7 Å². The molecule has 1 saturated heterocycles. The van der Waals surface area contributed by atoms with Crippen molar-refractivity contribution in [1.82, 2.24) is 4.90 Å². The summed E-state index contributed by atoms with van der Waals surface area (Å²) >= 11 is 0. The molecule has 1 fully saturated rings. The third-order valence-electron chi connectivity index (χ3n) is 4.01. The molecule has 0 bridgehead atoms. The first-order chi connectivity index (χ1) is 11.0. The van der Waals surface area contributed by atoms with Crippen molar-refractivity contribution in [1.29, 1.82) is 0 Å². The lowest BCUT2D eigenvalue weighted by atomic mass is 9.98. The summed E-state index contributed by atoms with van der Waals surface area (Å²) in [5.74, 6) is -0.514. The SMILES string of the molecule is CC(C)C[C@@H](C(=O)OCc1ccccc1)N1CCCC(O)C1=O. The molecule has 1 aromatic rings. The van der Waals surface area contributed by atoms with Crippen LogP contribution in [0.3, 0.4) is 0 Å². The Hall–Kier alpha value is -1.88. The van der Waals surface area contributed by atoms with E-state index >= 15 is 0 Å². The smallest absolute Gasteiger partial charge is 0.329 e. The minimum atomic E-state index is -1.000. The predicted molar refractivity (Wildman–Crippen MR) is 86.4 cm³/mol. The lowest BCUT2D eigenvalue weighted by Crippen LogP contribution is -2.53. The molecule has 1 aliphatic rings. The van der Waals surface area contributed by atoms with Gasteiger partial charge >= 0.3 is 5.97 Å². The van der Waals surface area contributed by atoms with Crippen molar-refractivity contribution in [3.8, 4) is 0 Å². The van der Waals surface area contributed by atoms with Gasteiger partial charge in [0.1, 0.15) is 18.8 Å². The molecule has 1 aromatic carbocycles. The monoisotopic (exact) mass is 319 g/mol. The number of hydrogen-bond acceptors (Lipinski definition) is 4. The third-order valence-corrected chi connectivity index (χ3v) is 4.01. The zero-order chi connectivity index (χ0) is 16.8. The van der Waals surface area contributed by atoms with Gasteiger partial charge in [-0.05, 0) is 30.7 Å². The second kappa shape index (κ2) is 8.11. The number of amides is 1. The average Bonchev–Trinajstić information content (AvgIpc) is 2.54. The van der Waals surface area contributed by atoms with Crippen molar-refractivity contribution in [2.75, 3.05) is 6.54 Å². The van der Waals surface area contributed by atoms with Crippen molar-refractivity contribution in [3.05, 3.63) is 35.9 Å². The number of carbonyl (C=O) groups is 2. The molecule has 1 unspecified atom stereocenters. The fourth-order valence-corrected chi connectivity index (χ4v) is 2.81. The molecule has 0 spiro atoms. The van der Waals surface area contributed by atoms with E-state index in [9.17, 15) is 14.7 Å². The summed E-state index contributed by atoms with van der Waals surface area (Å²) in [4.78, 5) is 26.2. The number of aliphatic hydroxyl groups excluding tert-OH is 1. The molecule has 1 aliphatic heterocycles. The second-order valence-corrected chi connectivity index (χ2v) is 6.43. The first-order valence-electron chi connectivity index (χ1n) is 8.18. The highest BCUT2D eigenvalue weighted by Gasteiger charge is 2.36. The molecular weight excluding hydrogens is 294 g/mol. The Morgan fingerprint density at radius 2 is 2.04 bits per heavy atom. The number of likely N-dealkylation sites (tertiary alicyclic amines) is 1. The van der Waals surface area contributed by atoms with Crippen LogP contribution in [0, 0.1) is 5.92 Å². The summed E-state index contributed by atoms with van der Waals surface area (Å²) in [6.07, 6.45) is 0.697. The summed E-state index contributed by atoms with van der Waals surface area (Å²) in [6.45, 7) is 4.69. The molecule has 1 amide bonds. The van der Waals surface area contributed by atoms with Crippen LogP contribution in [-0.2, 0) is 20.9 Å². The molecule has 126 valence electrons. The van der Waals surface area contributed by atoms with Crippen LogP contribution in [0.15, 0.2) is 30.3 Å². The Bertz CT molecular complexity index is 529. The summed E-state index contributed by atoms with van der Waals surface area (Å²) in [5, 5.41) is 9.78. The molecule has 0 aliphatic carbocycles. The summed E-state index contributed by atoms with van der Waals surface area (Å²) in [5.41, 5.74) is 0.911. The number of rotatable bonds is 6. The van der Waals surface area contributed by atoms with Gasteiger partial charge in [-0.2, -0.15) is 0 Å². The van der Waals surface area contributed by atoms with Crippen molar-refractivity contribution < 1.29 is 19.4 Å². The highest BCUT2D eigenvalue weighted by atomic mass is 16.5. The van der Waals surface area contributed by atoms with Gasteiger partial charge in [0.05, 0.1) is 0 Å². The van der Waals surface area contributed by atoms with E-state index in [1.54, 1.807) is 0 Å². The van der Waals surface area contributed by atoms with E-state index in [4.69, 9.17) is 4.74 Å². The molecular formula is C18H25NO4. The fraction of sp³-hybridized carbons (Fsp3) is 0.556. The first-order valence-corrected chi connectivity index (χ1v) is 8.18. The summed E-state index contributed by atoms with van der Waals surface area (Å²) < 4.78 is 5.41. The lowest BCUT2D eigenvalue weighted by molar-refractivity contribution is -0.162. The molecule has 23 heavy (non-hydrogen) atoms. The largest absolute Gasteiger partial charge is 0.459 e. The molecule has 0 radical (unpaired) electrons. The Morgan fingerprint density at radius 3 is 2.70 bits per heavy atom. The van der Waals surface area contributed by atoms with E-state index in [1.165, 1.54) is 4.90 Å². The topological polar surface area (TPSA) is 66.8 Å². The molecule has 1 N–H and O–H groups in total. The summed E-state index contributed by atoms with van der Waals surface area (Å²) in [7, 11) is 0. The highest BCUT2D eigenvalue weighted by Crippen LogP contribution is 2.20. The number of carbonyl (C=O) groups excluding carboxylic acids is 2. The zero-order valence-electron chi connectivity index (χ0n) is 13.8. The van der Waals surface area contributed by atoms with Crippen LogP contribution in [0.2, 0.25) is 0 Å². The van der Waals surface area contributed by atoms with Crippen molar-refractivity contribution in [3.63, 3.8) is 0 Å². The summed E-state index contributed by atoms with van der Waals surface area (Å²) in [6, 6.07) is 8.83. The second-order valence-electron chi connectivity index (χ2n) is 6.43. The van der Waals surface area contributed by atoms with Crippen LogP contribution in [0.25, 0.3) is 0 Å². The van der Waals surface area contributed by atoms with Crippen LogP contribution >= 0.6 is 0 Å². The Labute approximate surface area is 137 Å². The standard InChI is InChI=1S/C18H25NO4/c1-13(2)11-15(19-10-6-9-16(20)17(19)21)18(22)23-12-14-7-4-3-5-8-14/h3-5,7-8,13,15-16,20H,6,9-12H2,1-2H3/t15-,16?/m0/s1. The number of piperidine rings is 1. The molecule has 2 atom stereocenters. The van der Waals surface area contributed by atoms with Crippen molar-refractivity contribution >= 4 is 11.9 Å². The average molecular weight is 319 g/mol. The number of hydrogen-bond donors (Lipinski definition) is 1. The van der Waals surface area contributed by atoms with Crippen molar-refractivity contribution in [2.45, 2.75) is 51.9 Å². The molecule has 0 aromatic heterocycles. The first kappa shape index (κ1) is 17.5. The third kappa shape index (κ3) is 4.79. The van der Waals surface area contributed by atoms with Gasteiger partial charge in [-0.15, -0.1) is 0 Å². The van der Waals surface area contributed by atoms with Crippen LogP contribution in [0.1, 0.15) is 38.7 Å². The van der Waals surface area contributed by atoms with Crippen molar-refractivity contribution in [2.24, 2.45) is 5.92 Å². The van der Waals surface area contributed by atoms with Gasteiger partial charge in [0.25, 0.3) is 5.91 Å². The van der Waals surface area contributed by atoms with Crippen LogP contribution in [0.5, 0.6) is 0 Å². The number of esters is 1. The maximum Gasteiger partial charge on any atom is 0.329 e. The van der Waals surface area contributed by atoms with Gasteiger partial charge in [-0.1, -0.05) is 44.2 Å². The Balaban J connectivity index is 2.04. The molecule has 2 rings (SSSR count). The van der Waals surface area contributed by atoms with E-state index in [0.29, 0.717) is 25.8 Å². The lowest BCUT2D eigenvalue weighted by Gasteiger charge is -2.35.